The lowest BCUT2D eigenvalue weighted by Crippen LogP contribution is -2.25. The van der Waals surface area contributed by atoms with E-state index in [0.29, 0.717) is 24.4 Å². The topological polar surface area (TPSA) is 34.3 Å². The molecular weight excluding hydrogens is 204 g/mol. The lowest BCUT2D eigenvalue weighted by molar-refractivity contribution is -0.0495. The van der Waals surface area contributed by atoms with Crippen LogP contribution in [0.2, 0.25) is 0 Å². The molecule has 3 aliphatic heterocycles. The predicted octanol–water partition coefficient (Wildman–Crippen LogP) is 2.24. The molecule has 0 N–H and O–H groups in total. The highest BCUT2D eigenvalue weighted by atomic mass is 16.8. The number of ether oxygens (including phenoxy) is 3. The minimum absolute atomic E-state index is 0.145. The van der Waals surface area contributed by atoms with Crippen LogP contribution in [-0.4, -0.2) is 30.7 Å². The normalized spacial score (nSPS) is 55.5. The minimum atomic E-state index is 0.145. The largest absolute Gasteiger partial charge is 0.370 e. The summed E-state index contributed by atoms with van der Waals surface area (Å²) < 4.78 is 17.2. The van der Waals surface area contributed by atoms with E-state index in [4.69, 9.17) is 14.2 Å². The molecule has 3 saturated heterocycles. The van der Waals surface area contributed by atoms with E-state index in [9.17, 15) is 0 Å². The van der Waals surface area contributed by atoms with Gasteiger partial charge in [0.05, 0.1) is 18.3 Å². The lowest BCUT2D eigenvalue weighted by atomic mass is 9.90. The third-order valence-corrected chi connectivity index (χ3v) is 4.63. The van der Waals surface area contributed by atoms with Gasteiger partial charge in [-0.05, 0) is 44.4 Å². The molecule has 4 rings (SSSR count). The summed E-state index contributed by atoms with van der Waals surface area (Å²) in [7, 11) is 0. The van der Waals surface area contributed by atoms with E-state index in [1.807, 2.05) is 0 Å². The summed E-state index contributed by atoms with van der Waals surface area (Å²) in [6.45, 7) is 0. The van der Waals surface area contributed by atoms with Crippen LogP contribution in [0.5, 0.6) is 0 Å². The Balaban J connectivity index is 1.42. The molecule has 3 heterocycles. The smallest absolute Gasteiger partial charge is 0.184 e. The minimum Gasteiger partial charge on any atom is -0.370 e. The zero-order chi connectivity index (χ0) is 10.5. The van der Waals surface area contributed by atoms with Gasteiger partial charge >= 0.3 is 0 Å². The molecule has 0 aromatic heterocycles. The molecule has 0 bridgehead atoms. The van der Waals surface area contributed by atoms with Crippen LogP contribution in [0.1, 0.15) is 44.9 Å². The van der Waals surface area contributed by atoms with Gasteiger partial charge in [0.15, 0.2) is 6.29 Å². The molecule has 1 saturated carbocycles. The maximum atomic E-state index is 6.07. The summed E-state index contributed by atoms with van der Waals surface area (Å²) in [6.07, 6.45) is 11.1. The Morgan fingerprint density at radius 1 is 0.625 bits per heavy atom. The number of hydrogen-bond acceptors (Lipinski definition) is 3. The Bertz CT molecular complexity index is 252. The molecule has 0 radical (unpaired) electrons. The second kappa shape index (κ2) is 3.69. The number of rotatable bonds is 1. The highest BCUT2D eigenvalue weighted by Gasteiger charge is 2.48. The first-order chi connectivity index (χ1) is 7.90. The van der Waals surface area contributed by atoms with Gasteiger partial charge in [-0.15, -0.1) is 0 Å². The molecule has 0 aromatic carbocycles. The van der Waals surface area contributed by atoms with Gasteiger partial charge in [-0.3, -0.25) is 0 Å². The highest BCUT2D eigenvalue weighted by molar-refractivity contribution is 4.93. The van der Waals surface area contributed by atoms with Crippen molar-refractivity contribution >= 4 is 0 Å². The van der Waals surface area contributed by atoms with Crippen molar-refractivity contribution < 1.29 is 14.2 Å². The van der Waals surface area contributed by atoms with Gasteiger partial charge in [0.1, 0.15) is 6.10 Å². The zero-order valence-corrected chi connectivity index (χ0v) is 9.64. The third kappa shape index (κ3) is 1.79. The van der Waals surface area contributed by atoms with Crippen LogP contribution in [0.3, 0.4) is 0 Å². The van der Waals surface area contributed by atoms with Gasteiger partial charge in [0.2, 0.25) is 0 Å². The van der Waals surface area contributed by atoms with E-state index in [1.54, 1.807) is 0 Å². The summed E-state index contributed by atoms with van der Waals surface area (Å²) in [6, 6.07) is 0. The van der Waals surface area contributed by atoms with Gasteiger partial charge < -0.3 is 14.2 Å². The fourth-order valence-electron chi connectivity index (χ4n) is 3.53. The quantitative estimate of drug-likeness (QED) is 0.641. The third-order valence-electron chi connectivity index (χ3n) is 4.63. The fourth-order valence-corrected chi connectivity index (χ4v) is 3.53. The van der Waals surface area contributed by atoms with Crippen molar-refractivity contribution in [2.45, 2.75) is 75.7 Å². The van der Waals surface area contributed by atoms with Gasteiger partial charge in [-0.2, -0.15) is 0 Å². The Kier molecular flexibility index (Phi) is 2.27. The van der Waals surface area contributed by atoms with Crippen LogP contribution in [0.15, 0.2) is 0 Å². The van der Waals surface area contributed by atoms with Crippen LogP contribution in [0.4, 0.5) is 0 Å². The maximum absolute atomic E-state index is 6.07. The molecule has 4 aliphatic rings. The van der Waals surface area contributed by atoms with E-state index >= 15 is 0 Å². The van der Waals surface area contributed by atoms with E-state index in [0.717, 1.165) is 5.92 Å². The molecule has 1 aliphatic carbocycles. The fraction of sp³-hybridized carbons (Fsp3) is 1.00. The summed E-state index contributed by atoms with van der Waals surface area (Å²) >= 11 is 0. The second-order valence-electron chi connectivity index (χ2n) is 5.79. The van der Waals surface area contributed by atoms with Crippen molar-refractivity contribution in [2.75, 3.05) is 0 Å². The van der Waals surface area contributed by atoms with Gasteiger partial charge in [0, 0.05) is 0 Å². The van der Waals surface area contributed by atoms with Crippen LogP contribution in [0, 0.1) is 5.92 Å². The van der Waals surface area contributed by atoms with Crippen LogP contribution >= 0.6 is 0 Å². The predicted molar refractivity (Wildman–Crippen MR) is 58.0 cm³/mol. The van der Waals surface area contributed by atoms with E-state index in [1.165, 1.54) is 44.9 Å². The van der Waals surface area contributed by atoms with E-state index in [-0.39, 0.29) is 6.29 Å². The molecular formula is C13H20O3. The summed E-state index contributed by atoms with van der Waals surface area (Å²) in [5.74, 6) is 0.723. The first kappa shape index (κ1) is 9.86. The monoisotopic (exact) mass is 224 g/mol. The molecule has 6 atom stereocenters. The Labute approximate surface area is 96.4 Å². The molecule has 0 spiro atoms. The summed E-state index contributed by atoms with van der Waals surface area (Å²) in [4.78, 5) is 0. The van der Waals surface area contributed by atoms with Crippen molar-refractivity contribution in [3.05, 3.63) is 0 Å². The molecule has 0 aromatic rings. The highest BCUT2D eigenvalue weighted by Crippen LogP contribution is 2.43. The average Bonchev–Trinajstić information content (AvgIpc) is 3.08. The number of fused-ring (bicyclic) bond motifs is 2. The first-order valence-electron chi connectivity index (χ1n) is 6.86. The second-order valence-corrected chi connectivity index (χ2v) is 5.79. The number of epoxide rings is 2. The molecule has 3 nitrogen and oxygen atoms in total. The molecule has 90 valence electrons. The Morgan fingerprint density at radius 3 is 2.38 bits per heavy atom. The number of hydrogen-bond donors (Lipinski definition) is 0. The summed E-state index contributed by atoms with van der Waals surface area (Å²) in [5.41, 5.74) is 0. The van der Waals surface area contributed by atoms with Crippen LogP contribution in [0.25, 0.3) is 0 Å². The van der Waals surface area contributed by atoms with Crippen LogP contribution < -0.4 is 0 Å². The molecule has 4 fully saturated rings. The Hall–Kier alpha value is -0.120. The van der Waals surface area contributed by atoms with Gasteiger partial charge in [-0.25, -0.2) is 0 Å². The van der Waals surface area contributed by atoms with Crippen molar-refractivity contribution in [1.29, 1.82) is 0 Å². The van der Waals surface area contributed by atoms with Gasteiger partial charge in [0.25, 0.3) is 0 Å². The van der Waals surface area contributed by atoms with Crippen molar-refractivity contribution in [3.63, 3.8) is 0 Å². The van der Waals surface area contributed by atoms with E-state index in [2.05, 4.69) is 0 Å². The van der Waals surface area contributed by atoms with Crippen LogP contribution in [-0.2, 0) is 14.2 Å². The standard InChI is InChI=1S/C13H20O3/c1-3-8(7-12-10(5-1)14-12)9-4-2-6-11-13(15-9)16-11/h8-13H,1-7H2. The van der Waals surface area contributed by atoms with Crippen molar-refractivity contribution in [2.24, 2.45) is 5.92 Å². The van der Waals surface area contributed by atoms with Crippen molar-refractivity contribution in [1.82, 2.24) is 0 Å². The zero-order valence-electron chi connectivity index (χ0n) is 9.64. The van der Waals surface area contributed by atoms with Gasteiger partial charge in [-0.1, -0.05) is 6.42 Å². The van der Waals surface area contributed by atoms with E-state index < -0.39 is 0 Å². The average molecular weight is 224 g/mol. The first-order valence-corrected chi connectivity index (χ1v) is 6.86. The molecule has 6 unspecified atom stereocenters. The van der Waals surface area contributed by atoms with Crippen molar-refractivity contribution in [3.8, 4) is 0 Å². The Morgan fingerprint density at radius 2 is 1.38 bits per heavy atom. The lowest BCUT2D eigenvalue weighted by Gasteiger charge is -2.25. The molecule has 3 heteroatoms. The summed E-state index contributed by atoms with van der Waals surface area (Å²) in [5, 5.41) is 0. The SMILES string of the molecule is C1CC(C2CCCC3OC3O2)CC2OC2C1. The molecule has 0 amide bonds. The maximum Gasteiger partial charge on any atom is 0.184 e. The molecule has 16 heavy (non-hydrogen) atoms.